The third-order valence-electron chi connectivity index (χ3n) is 6.86. The molecular formula is C24H27N3O2. The SMILES string of the molecule is C#Cc1c(N2CC3CCCNC3C2)c(C)cc2c(=O)c(C(C)=O)cn(C3CC3)c12. The number of benzene rings is 1. The van der Waals surface area contributed by atoms with Crippen LogP contribution in [-0.4, -0.2) is 36.0 Å². The van der Waals surface area contributed by atoms with Crippen molar-refractivity contribution < 1.29 is 4.79 Å². The highest BCUT2D eigenvalue weighted by Crippen LogP contribution is 2.41. The van der Waals surface area contributed by atoms with E-state index in [0.717, 1.165) is 54.8 Å². The van der Waals surface area contributed by atoms with Gasteiger partial charge in [-0.2, -0.15) is 0 Å². The molecule has 1 aromatic heterocycles. The number of fused-ring (bicyclic) bond motifs is 2. The zero-order chi connectivity index (χ0) is 20.3. The third-order valence-corrected chi connectivity index (χ3v) is 6.86. The molecule has 2 unspecified atom stereocenters. The fourth-order valence-corrected chi connectivity index (χ4v) is 5.31. The van der Waals surface area contributed by atoms with Gasteiger partial charge in [0.1, 0.15) is 0 Å². The van der Waals surface area contributed by atoms with Gasteiger partial charge >= 0.3 is 0 Å². The zero-order valence-electron chi connectivity index (χ0n) is 17.1. The number of Topliss-reactive ketones (excluding diaryl/α,β-unsaturated/α-hetero) is 1. The number of hydrogen-bond donors (Lipinski definition) is 1. The molecule has 3 heterocycles. The van der Waals surface area contributed by atoms with E-state index in [1.54, 1.807) is 6.20 Å². The average Bonchev–Trinajstić information content (AvgIpc) is 3.45. The quantitative estimate of drug-likeness (QED) is 0.648. The molecule has 5 nitrogen and oxygen atoms in total. The van der Waals surface area contributed by atoms with Crippen LogP contribution in [0.2, 0.25) is 0 Å². The maximum Gasteiger partial charge on any atom is 0.200 e. The van der Waals surface area contributed by atoms with Crippen LogP contribution in [0.15, 0.2) is 17.1 Å². The number of carbonyl (C=O) groups excluding carboxylic acids is 1. The van der Waals surface area contributed by atoms with Gasteiger partial charge in [-0.15, -0.1) is 6.42 Å². The molecule has 1 aromatic carbocycles. The van der Waals surface area contributed by atoms with Crippen LogP contribution in [0.4, 0.5) is 5.69 Å². The molecule has 29 heavy (non-hydrogen) atoms. The second-order valence-corrected chi connectivity index (χ2v) is 8.89. The summed E-state index contributed by atoms with van der Waals surface area (Å²) in [7, 11) is 0. The van der Waals surface area contributed by atoms with E-state index >= 15 is 0 Å². The van der Waals surface area contributed by atoms with E-state index in [0.29, 0.717) is 23.4 Å². The van der Waals surface area contributed by atoms with Crippen molar-refractivity contribution in [3.63, 3.8) is 0 Å². The van der Waals surface area contributed by atoms with E-state index in [4.69, 9.17) is 6.42 Å². The van der Waals surface area contributed by atoms with Crippen LogP contribution in [0.5, 0.6) is 0 Å². The number of piperidine rings is 1. The average molecular weight is 389 g/mol. The van der Waals surface area contributed by atoms with Crippen molar-refractivity contribution >= 4 is 22.4 Å². The van der Waals surface area contributed by atoms with Crippen LogP contribution in [-0.2, 0) is 0 Å². The fraction of sp³-hybridized carbons (Fsp3) is 0.500. The largest absolute Gasteiger partial charge is 0.368 e. The van der Waals surface area contributed by atoms with Crippen molar-refractivity contribution in [1.29, 1.82) is 0 Å². The Morgan fingerprint density at radius 1 is 1.28 bits per heavy atom. The lowest BCUT2D eigenvalue weighted by molar-refractivity contribution is 0.101. The van der Waals surface area contributed by atoms with E-state index in [1.165, 1.54) is 19.8 Å². The second kappa shape index (κ2) is 6.74. The predicted octanol–water partition coefficient (Wildman–Crippen LogP) is 3.02. The minimum atomic E-state index is -0.202. The highest BCUT2D eigenvalue weighted by molar-refractivity contribution is 6.00. The number of hydrogen-bond acceptors (Lipinski definition) is 4. The lowest BCUT2D eigenvalue weighted by Gasteiger charge is -2.25. The Balaban J connectivity index is 1.74. The smallest absolute Gasteiger partial charge is 0.200 e. The van der Waals surface area contributed by atoms with E-state index in [1.807, 2.05) is 13.0 Å². The summed E-state index contributed by atoms with van der Waals surface area (Å²) in [5.41, 5.74) is 3.79. The van der Waals surface area contributed by atoms with Crippen LogP contribution >= 0.6 is 0 Å². The van der Waals surface area contributed by atoms with Crippen LogP contribution in [0.3, 0.4) is 0 Å². The van der Waals surface area contributed by atoms with Crippen molar-refractivity contribution in [2.45, 2.75) is 51.6 Å². The second-order valence-electron chi connectivity index (χ2n) is 8.89. The molecule has 1 aliphatic carbocycles. The first kappa shape index (κ1) is 18.4. The first-order chi connectivity index (χ1) is 14.0. The normalized spacial score (nSPS) is 23.8. The van der Waals surface area contributed by atoms with Gasteiger partial charge in [-0.3, -0.25) is 9.59 Å². The minimum Gasteiger partial charge on any atom is -0.368 e. The molecule has 2 saturated heterocycles. The summed E-state index contributed by atoms with van der Waals surface area (Å²) in [6.07, 6.45) is 12.4. The zero-order valence-corrected chi connectivity index (χ0v) is 17.1. The molecule has 0 spiro atoms. The number of ketones is 1. The number of pyridine rings is 1. The monoisotopic (exact) mass is 389 g/mol. The van der Waals surface area contributed by atoms with Crippen LogP contribution < -0.4 is 15.6 Å². The van der Waals surface area contributed by atoms with Crippen molar-refractivity contribution in [2.24, 2.45) is 5.92 Å². The van der Waals surface area contributed by atoms with Gasteiger partial charge in [-0.25, -0.2) is 0 Å². The molecule has 0 radical (unpaired) electrons. The Kier molecular flexibility index (Phi) is 4.29. The number of nitrogens with zero attached hydrogens (tertiary/aromatic N) is 2. The summed E-state index contributed by atoms with van der Waals surface area (Å²) in [5.74, 6) is 3.39. The number of carbonyl (C=O) groups is 1. The van der Waals surface area contributed by atoms with Crippen LogP contribution in [0, 0.1) is 25.2 Å². The van der Waals surface area contributed by atoms with Crippen LogP contribution in [0.25, 0.3) is 10.9 Å². The fourth-order valence-electron chi connectivity index (χ4n) is 5.31. The van der Waals surface area contributed by atoms with Gasteiger partial charge in [0.2, 0.25) is 0 Å². The summed E-state index contributed by atoms with van der Waals surface area (Å²) in [5, 5.41) is 4.23. The first-order valence-electron chi connectivity index (χ1n) is 10.7. The highest BCUT2D eigenvalue weighted by atomic mass is 16.1. The predicted molar refractivity (Wildman–Crippen MR) is 116 cm³/mol. The molecule has 1 saturated carbocycles. The van der Waals surface area contributed by atoms with Crippen molar-refractivity contribution in [2.75, 3.05) is 24.5 Å². The summed E-state index contributed by atoms with van der Waals surface area (Å²) in [6.45, 7) is 6.53. The van der Waals surface area contributed by atoms with Crippen molar-refractivity contribution in [1.82, 2.24) is 9.88 Å². The standard InChI is InChI=1S/C24H27N3O2/c1-4-18-22(26-11-16-6-5-9-25-21(16)13-26)14(2)10-19-23(18)27(17-7-8-17)12-20(15(3)28)24(19)29/h1,10,12,16-17,21,25H,5-9,11,13H2,2-3H3. The summed E-state index contributed by atoms with van der Waals surface area (Å²) in [4.78, 5) is 27.6. The van der Waals surface area contributed by atoms with Crippen molar-refractivity contribution in [3.8, 4) is 12.3 Å². The maximum atomic E-state index is 13.1. The number of nitrogens with one attached hydrogen (secondary N) is 1. The van der Waals surface area contributed by atoms with Gasteiger partial charge in [-0.1, -0.05) is 5.92 Å². The highest BCUT2D eigenvalue weighted by Gasteiger charge is 2.36. The lowest BCUT2D eigenvalue weighted by Crippen LogP contribution is -2.40. The van der Waals surface area contributed by atoms with Gasteiger partial charge in [0.25, 0.3) is 0 Å². The minimum absolute atomic E-state index is 0.190. The van der Waals surface area contributed by atoms with E-state index in [9.17, 15) is 9.59 Å². The third kappa shape index (κ3) is 2.89. The van der Waals surface area contributed by atoms with E-state index < -0.39 is 0 Å². The number of rotatable bonds is 3. The Labute approximate surface area is 171 Å². The number of anilines is 1. The van der Waals surface area contributed by atoms with E-state index in [-0.39, 0.29) is 16.8 Å². The molecule has 3 aliphatic rings. The van der Waals surface area contributed by atoms with Gasteiger partial charge in [0, 0.05) is 36.8 Å². The summed E-state index contributed by atoms with van der Waals surface area (Å²) < 4.78 is 2.10. The molecule has 5 rings (SSSR count). The van der Waals surface area contributed by atoms with Crippen LogP contribution in [0.1, 0.15) is 60.1 Å². The first-order valence-corrected chi connectivity index (χ1v) is 10.7. The Bertz CT molecular complexity index is 1110. The van der Waals surface area contributed by atoms with Gasteiger partial charge in [0.05, 0.1) is 22.3 Å². The Hall–Kier alpha value is -2.58. The number of terminal acetylenes is 1. The molecular weight excluding hydrogens is 362 g/mol. The molecule has 2 aromatic rings. The van der Waals surface area contributed by atoms with E-state index in [2.05, 4.69) is 20.7 Å². The van der Waals surface area contributed by atoms with Gasteiger partial charge in [-0.05, 0) is 63.6 Å². The number of aryl methyl sites for hydroxylation is 1. The molecule has 0 bridgehead atoms. The molecule has 2 atom stereocenters. The Morgan fingerprint density at radius 3 is 2.72 bits per heavy atom. The van der Waals surface area contributed by atoms with Gasteiger partial charge < -0.3 is 14.8 Å². The summed E-state index contributed by atoms with van der Waals surface area (Å²) in [6, 6.07) is 2.78. The molecule has 3 fully saturated rings. The van der Waals surface area contributed by atoms with Crippen molar-refractivity contribution in [3.05, 3.63) is 39.2 Å². The molecule has 1 N–H and O–H groups in total. The number of aromatic nitrogens is 1. The topological polar surface area (TPSA) is 54.3 Å². The Morgan fingerprint density at radius 2 is 2.07 bits per heavy atom. The molecule has 5 heteroatoms. The van der Waals surface area contributed by atoms with Gasteiger partial charge in [0.15, 0.2) is 11.2 Å². The maximum absolute atomic E-state index is 13.1. The summed E-state index contributed by atoms with van der Waals surface area (Å²) >= 11 is 0. The molecule has 0 amide bonds. The lowest BCUT2D eigenvalue weighted by atomic mass is 9.94. The molecule has 150 valence electrons. The molecule has 2 aliphatic heterocycles.